The first kappa shape index (κ1) is 20.9. The smallest absolute Gasteiger partial charge is 0.224 e. The number of hydrogen-bond donors (Lipinski definition) is 1. The van der Waals surface area contributed by atoms with Crippen molar-refractivity contribution in [3.8, 4) is 0 Å². The molecule has 0 aromatic rings. The summed E-state index contributed by atoms with van der Waals surface area (Å²) >= 11 is 0. The van der Waals surface area contributed by atoms with E-state index in [2.05, 4.69) is 18.7 Å². The van der Waals surface area contributed by atoms with Crippen LogP contribution in [0.5, 0.6) is 0 Å². The Bertz CT molecular complexity index is 311. The molecule has 5 nitrogen and oxygen atoms in total. The largest absolute Gasteiger partial charge is 0.373 e. The number of ether oxygens (including phenoxy) is 1. The van der Waals surface area contributed by atoms with Gasteiger partial charge in [-0.1, -0.05) is 0 Å². The number of hydrogen-bond acceptors (Lipinski definition) is 4. The Kier molecular flexibility index (Phi) is 9.81. The van der Waals surface area contributed by atoms with E-state index < -0.39 is 0 Å². The van der Waals surface area contributed by atoms with Gasteiger partial charge in [-0.3, -0.25) is 9.69 Å². The normalized spacial score (nSPS) is 29.7. The number of rotatable bonds is 4. The lowest BCUT2D eigenvalue weighted by Crippen LogP contribution is -2.51. The summed E-state index contributed by atoms with van der Waals surface area (Å²) in [6, 6.07) is 0.372. The average Bonchev–Trinajstić information content (AvgIpc) is 2.76. The van der Waals surface area contributed by atoms with E-state index in [4.69, 9.17) is 10.5 Å². The Morgan fingerprint density at radius 1 is 1.24 bits per heavy atom. The molecule has 0 saturated carbocycles. The molecule has 0 aromatic heterocycles. The second-order valence-electron chi connectivity index (χ2n) is 5.90. The first-order chi connectivity index (χ1) is 9.10. The molecule has 2 N–H and O–H groups in total. The van der Waals surface area contributed by atoms with Gasteiger partial charge >= 0.3 is 0 Å². The molecule has 2 saturated heterocycles. The first-order valence-electron chi connectivity index (χ1n) is 7.47. The predicted molar refractivity (Wildman–Crippen MR) is 89.4 cm³/mol. The molecule has 7 heteroatoms. The third kappa shape index (κ3) is 5.91. The zero-order valence-corrected chi connectivity index (χ0v) is 14.6. The topological polar surface area (TPSA) is 58.8 Å². The molecule has 2 fully saturated rings. The standard InChI is InChI=1S/C14H27N3O2.2ClH/c1-11-8-16(9-12(2)19-11)10-13-4-3-7-17(13)14(18)5-6-15;;/h11-13H,3-10,15H2,1-2H3;2*1H. The first-order valence-corrected chi connectivity index (χ1v) is 7.47. The third-order valence-corrected chi connectivity index (χ3v) is 4.02. The van der Waals surface area contributed by atoms with Crippen molar-refractivity contribution in [3.05, 3.63) is 0 Å². The maximum Gasteiger partial charge on any atom is 0.224 e. The minimum atomic E-state index is 0. The molecule has 3 unspecified atom stereocenters. The summed E-state index contributed by atoms with van der Waals surface area (Å²) in [5.74, 6) is 0.222. The van der Waals surface area contributed by atoms with Gasteiger partial charge in [0.25, 0.3) is 0 Å². The number of carbonyl (C=O) groups is 1. The number of amides is 1. The van der Waals surface area contributed by atoms with Crippen molar-refractivity contribution in [2.24, 2.45) is 5.73 Å². The van der Waals surface area contributed by atoms with Gasteiger partial charge in [0.1, 0.15) is 0 Å². The van der Waals surface area contributed by atoms with Gasteiger partial charge in [-0.2, -0.15) is 0 Å². The van der Waals surface area contributed by atoms with Crippen molar-refractivity contribution >= 4 is 30.7 Å². The molecular formula is C14H29Cl2N3O2. The van der Waals surface area contributed by atoms with E-state index in [0.717, 1.165) is 39.0 Å². The van der Waals surface area contributed by atoms with Crippen molar-refractivity contribution in [1.82, 2.24) is 9.80 Å². The van der Waals surface area contributed by atoms with Crippen LogP contribution in [0, 0.1) is 0 Å². The summed E-state index contributed by atoms with van der Waals surface area (Å²) in [5, 5.41) is 0. The van der Waals surface area contributed by atoms with Crippen LogP contribution in [0.15, 0.2) is 0 Å². The van der Waals surface area contributed by atoms with Crippen molar-refractivity contribution in [2.45, 2.75) is 51.4 Å². The van der Waals surface area contributed by atoms with Crippen LogP contribution < -0.4 is 5.73 Å². The van der Waals surface area contributed by atoms with Gasteiger partial charge in [0.15, 0.2) is 0 Å². The van der Waals surface area contributed by atoms with E-state index in [1.54, 1.807) is 0 Å². The number of halogens is 2. The van der Waals surface area contributed by atoms with Crippen LogP contribution >= 0.6 is 24.8 Å². The molecule has 2 aliphatic heterocycles. The van der Waals surface area contributed by atoms with Gasteiger partial charge in [0.2, 0.25) is 5.91 Å². The SMILES string of the molecule is CC1CN(CC2CCCN2C(=O)CCN)CC(C)O1.Cl.Cl. The van der Waals surface area contributed by atoms with Crippen LogP contribution in [0.4, 0.5) is 0 Å². The molecule has 1 amide bonds. The van der Waals surface area contributed by atoms with Crippen LogP contribution in [-0.2, 0) is 9.53 Å². The average molecular weight is 342 g/mol. The summed E-state index contributed by atoms with van der Waals surface area (Å²) in [6.07, 6.45) is 3.30. The van der Waals surface area contributed by atoms with Crippen molar-refractivity contribution in [3.63, 3.8) is 0 Å². The Labute approximate surface area is 140 Å². The second kappa shape index (κ2) is 9.85. The van der Waals surface area contributed by atoms with Crippen LogP contribution in [0.2, 0.25) is 0 Å². The van der Waals surface area contributed by atoms with E-state index in [9.17, 15) is 4.79 Å². The number of likely N-dealkylation sites (tertiary alicyclic amines) is 1. The van der Waals surface area contributed by atoms with Crippen LogP contribution in [0.25, 0.3) is 0 Å². The van der Waals surface area contributed by atoms with E-state index in [1.165, 1.54) is 0 Å². The highest BCUT2D eigenvalue weighted by atomic mass is 35.5. The molecule has 3 atom stereocenters. The van der Waals surface area contributed by atoms with Gasteiger partial charge in [0.05, 0.1) is 12.2 Å². The lowest BCUT2D eigenvalue weighted by molar-refractivity contribution is -0.132. The maximum atomic E-state index is 12.0. The molecular weight excluding hydrogens is 313 g/mol. The fourth-order valence-electron chi connectivity index (χ4n) is 3.35. The Morgan fingerprint density at radius 3 is 2.43 bits per heavy atom. The highest BCUT2D eigenvalue weighted by Crippen LogP contribution is 2.21. The van der Waals surface area contributed by atoms with E-state index in [-0.39, 0.29) is 30.7 Å². The molecule has 0 aromatic carbocycles. The van der Waals surface area contributed by atoms with Gasteiger partial charge in [-0.15, -0.1) is 24.8 Å². The minimum absolute atomic E-state index is 0. The number of carbonyl (C=O) groups excluding carboxylic acids is 1. The molecule has 2 aliphatic rings. The molecule has 21 heavy (non-hydrogen) atoms. The lowest BCUT2D eigenvalue weighted by atomic mass is 10.1. The van der Waals surface area contributed by atoms with Crippen molar-refractivity contribution in [1.29, 1.82) is 0 Å². The summed E-state index contributed by atoms with van der Waals surface area (Å²) < 4.78 is 5.75. The van der Waals surface area contributed by atoms with Crippen molar-refractivity contribution in [2.75, 3.05) is 32.7 Å². The molecule has 0 spiro atoms. The van der Waals surface area contributed by atoms with Crippen LogP contribution in [0.3, 0.4) is 0 Å². The molecule has 126 valence electrons. The molecule has 2 rings (SSSR count). The molecule has 0 aliphatic carbocycles. The highest BCUT2D eigenvalue weighted by molar-refractivity contribution is 5.85. The van der Waals surface area contributed by atoms with Crippen molar-refractivity contribution < 1.29 is 9.53 Å². The Hall–Kier alpha value is -0.0700. The number of morpholine rings is 1. The molecule has 0 bridgehead atoms. The van der Waals surface area contributed by atoms with Gasteiger partial charge in [-0.05, 0) is 26.7 Å². The zero-order valence-electron chi connectivity index (χ0n) is 13.0. The maximum absolute atomic E-state index is 12.0. The molecule has 0 radical (unpaired) electrons. The van der Waals surface area contributed by atoms with E-state index in [0.29, 0.717) is 31.2 Å². The fourth-order valence-corrected chi connectivity index (χ4v) is 3.35. The van der Waals surface area contributed by atoms with Gasteiger partial charge in [0, 0.05) is 45.2 Å². The summed E-state index contributed by atoms with van der Waals surface area (Å²) in [5.41, 5.74) is 5.49. The third-order valence-electron chi connectivity index (χ3n) is 4.02. The second-order valence-corrected chi connectivity index (χ2v) is 5.90. The Balaban J connectivity index is 0.00000200. The highest BCUT2D eigenvalue weighted by Gasteiger charge is 2.31. The molecule has 2 heterocycles. The fraction of sp³-hybridized carbons (Fsp3) is 0.929. The summed E-state index contributed by atoms with van der Waals surface area (Å²) in [4.78, 5) is 16.5. The number of nitrogens with two attached hydrogens (primary N) is 1. The monoisotopic (exact) mass is 341 g/mol. The zero-order chi connectivity index (χ0) is 13.8. The van der Waals surface area contributed by atoms with Gasteiger partial charge < -0.3 is 15.4 Å². The lowest BCUT2D eigenvalue weighted by Gasteiger charge is -2.38. The van der Waals surface area contributed by atoms with Crippen LogP contribution in [-0.4, -0.2) is 66.7 Å². The Morgan fingerprint density at radius 2 is 1.86 bits per heavy atom. The predicted octanol–water partition coefficient (Wildman–Crippen LogP) is 1.28. The van der Waals surface area contributed by atoms with E-state index >= 15 is 0 Å². The summed E-state index contributed by atoms with van der Waals surface area (Å²) in [6.45, 7) is 8.52. The van der Waals surface area contributed by atoms with Gasteiger partial charge in [-0.25, -0.2) is 0 Å². The number of nitrogens with zero attached hydrogens (tertiary/aromatic N) is 2. The summed E-state index contributed by atoms with van der Waals surface area (Å²) in [7, 11) is 0. The van der Waals surface area contributed by atoms with Crippen LogP contribution in [0.1, 0.15) is 33.1 Å². The minimum Gasteiger partial charge on any atom is -0.373 e. The quantitative estimate of drug-likeness (QED) is 0.836. The van der Waals surface area contributed by atoms with E-state index in [1.807, 2.05) is 4.90 Å².